The minimum Gasteiger partial charge on any atom is -0.387 e. The average molecular weight is 803 g/mol. The van der Waals surface area contributed by atoms with Gasteiger partial charge in [-0.25, -0.2) is 22.5 Å². The van der Waals surface area contributed by atoms with Gasteiger partial charge in [-0.05, 0) is 9.42 Å². The summed E-state index contributed by atoms with van der Waals surface area (Å²) in [7, 11) is -16.2. The number of aromatic amines is 1. The summed E-state index contributed by atoms with van der Waals surface area (Å²) < 4.78 is 120. The van der Waals surface area contributed by atoms with Crippen LogP contribution in [0.3, 0.4) is 0 Å². The van der Waals surface area contributed by atoms with Crippen molar-refractivity contribution in [3.8, 4) is 0 Å². The number of aliphatic hydroxyl groups excluding tert-OH is 4. The van der Waals surface area contributed by atoms with E-state index in [0.29, 0.717) is 0 Å². The zero-order chi connectivity index (χ0) is 37.7. The summed E-state index contributed by atoms with van der Waals surface area (Å²) in [5, 5.41) is 51.1. The van der Waals surface area contributed by atoms with Crippen LogP contribution in [0.1, 0.15) is 6.23 Å². The van der Waals surface area contributed by atoms with E-state index >= 15 is 0 Å². The first kappa shape index (κ1) is 39.2. The third-order valence-corrected chi connectivity index (χ3v) is 11.0. The Morgan fingerprint density at radius 1 is 1.06 bits per heavy atom. The molecule has 3 aromatic heterocycles. The number of ether oxygens (including phenoxy) is 3. The number of alkyl halides is 3. The summed E-state index contributed by atoms with van der Waals surface area (Å²) in [5.41, 5.74) is 4.33. The monoisotopic (exact) mass is 803 g/mol. The Balaban J connectivity index is 1.20. The number of phosphoric acid groups is 2. The number of nitrogen functional groups attached to an aromatic ring is 1. The minimum atomic E-state index is -6.06. The van der Waals surface area contributed by atoms with Crippen molar-refractivity contribution in [1.82, 2.24) is 39.1 Å². The number of phosphoric ester groups is 2. The summed E-state index contributed by atoms with van der Waals surface area (Å²) in [6.07, 6.45) is -24.6. The number of rotatable bonds is 13. The maximum atomic E-state index is 13.8. The molecule has 11 atom stereocenters. The van der Waals surface area contributed by atoms with E-state index in [1.54, 1.807) is 0 Å². The van der Waals surface area contributed by atoms with Crippen LogP contribution in [-0.2, 0) is 46.7 Å². The summed E-state index contributed by atoms with van der Waals surface area (Å²) in [5.74, 6) is -1.39. The van der Waals surface area contributed by atoms with Gasteiger partial charge in [0, 0.05) is 0 Å². The van der Waals surface area contributed by atoms with Gasteiger partial charge in [0.1, 0.15) is 36.6 Å². The molecule has 32 heteroatoms. The van der Waals surface area contributed by atoms with E-state index in [2.05, 4.69) is 48.5 Å². The smallest absolute Gasteiger partial charge is 0.387 e. The number of hydrogen-bond acceptors (Lipinski definition) is 21. The van der Waals surface area contributed by atoms with Crippen LogP contribution < -0.4 is 11.3 Å². The van der Waals surface area contributed by atoms with Gasteiger partial charge in [-0.15, -0.1) is 10.2 Å². The van der Waals surface area contributed by atoms with E-state index in [0.717, 1.165) is 17.2 Å². The number of hydrogen-bond donors (Lipinski definition) is 8. The Morgan fingerprint density at radius 2 is 1.76 bits per heavy atom. The molecule has 9 N–H and O–H groups in total. The molecule has 2 fully saturated rings. The van der Waals surface area contributed by atoms with Crippen molar-refractivity contribution in [2.45, 2.75) is 61.4 Å². The van der Waals surface area contributed by atoms with E-state index in [4.69, 9.17) is 15.2 Å². The Kier molecular flexibility index (Phi) is 11.1. The molecule has 2 aliphatic rings. The molecule has 0 spiro atoms. The van der Waals surface area contributed by atoms with Crippen molar-refractivity contribution in [1.29, 1.82) is 0 Å². The van der Waals surface area contributed by atoms with E-state index < -0.39 is 112 Å². The van der Waals surface area contributed by atoms with Gasteiger partial charge in [-0.2, -0.15) is 22.5 Å². The van der Waals surface area contributed by atoms with Crippen LogP contribution in [0.25, 0.3) is 11.2 Å². The van der Waals surface area contributed by atoms with Crippen LogP contribution in [0.15, 0.2) is 17.4 Å². The minimum absolute atomic E-state index is 0.136. The number of imidazole rings is 1. The fourth-order valence-electron chi connectivity index (χ4n) is 4.73. The zero-order valence-electron chi connectivity index (χ0n) is 24.8. The lowest BCUT2D eigenvalue weighted by molar-refractivity contribution is -0.346. The summed E-state index contributed by atoms with van der Waals surface area (Å²) >= 11 is 0. The Hall–Kier alpha value is -3.06. The van der Waals surface area contributed by atoms with Crippen molar-refractivity contribution in [2.24, 2.45) is 0 Å². The Labute approximate surface area is 279 Å². The van der Waals surface area contributed by atoms with E-state index in [-0.39, 0.29) is 21.3 Å². The summed E-state index contributed by atoms with van der Waals surface area (Å²) in [6.45, 7) is -2.21. The highest BCUT2D eigenvalue weighted by Crippen LogP contribution is 2.61. The number of halogens is 3. The number of tetrazole rings is 1. The molecule has 3 aromatic rings. The predicted molar refractivity (Wildman–Crippen MR) is 150 cm³/mol. The molecule has 2 saturated heterocycles. The molecule has 0 radical (unpaired) electrons. The van der Waals surface area contributed by atoms with Crippen molar-refractivity contribution < 1.29 is 88.5 Å². The maximum Gasteiger partial charge on any atom is 0.483 e. The molecule has 0 aromatic carbocycles. The normalized spacial score (nSPS) is 31.4. The molecule has 0 amide bonds. The molecule has 0 bridgehead atoms. The van der Waals surface area contributed by atoms with Crippen molar-refractivity contribution >= 4 is 42.8 Å². The first-order valence-corrected chi connectivity index (χ1v) is 18.3. The molecule has 0 saturated carbocycles. The highest BCUT2D eigenvalue weighted by atomic mass is 32.2. The highest BCUT2D eigenvalue weighted by molar-refractivity contribution is 7.89. The fourth-order valence-corrected chi connectivity index (χ4v) is 7.70. The molecule has 5 heterocycles. The largest absolute Gasteiger partial charge is 0.483 e. The molecule has 5 rings (SSSR count). The SMILES string of the molecule is Nc1nc2c(ncn2[C@@H]2O[C@H](COP(=O)(O)OP(=O)(O)O[C@H]3O[C@@H](C(F)(F)F)[C@@H](OCCS(=O)(=O)n4ncnn4)[C@@H](O)[C@@H]3O)[C@@H](O)[C@H]2O)c(=O)[nH]1. The second-order valence-corrected chi connectivity index (χ2v) is 15.4. The number of H-pyrrole nitrogens is 1. The van der Waals surface area contributed by atoms with Crippen LogP contribution in [-0.4, -0.2) is 152 Å². The van der Waals surface area contributed by atoms with Gasteiger partial charge in [0.05, 0.1) is 25.3 Å². The molecule has 286 valence electrons. The van der Waals surface area contributed by atoms with Crippen molar-refractivity contribution in [3.05, 3.63) is 23.0 Å². The number of aromatic nitrogens is 8. The van der Waals surface area contributed by atoms with E-state index in [1.807, 2.05) is 0 Å². The third kappa shape index (κ3) is 8.61. The Morgan fingerprint density at radius 3 is 2.41 bits per heavy atom. The zero-order valence-corrected chi connectivity index (χ0v) is 27.4. The molecule has 2 aliphatic heterocycles. The maximum absolute atomic E-state index is 13.8. The van der Waals surface area contributed by atoms with Gasteiger partial charge in [0.25, 0.3) is 15.6 Å². The molecule has 0 aliphatic carbocycles. The lowest BCUT2D eigenvalue weighted by atomic mass is 9.98. The standard InChI is InChI=1S/C19H26F3N9O17P2S/c20-19(21,22)13-12(43-1-2-51(41,42)31-26-4-25-29-31)9(33)11(35)17(46-13)47-50(39,40)48-49(37,38)44-3-6-8(32)10(34)16(45-6)30-5-24-7-14(30)27-18(23)28-15(7)36/h4-6,8-13,16-17,32-35H,1-3H2,(H,37,38)(H,39,40)(H3,23,27,28,36)/t6-,8-,9+,10-,11+,12+,13-,16-,17-/m1/s1. The number of aliphatic hydroxyl groups is 4. The second kappa shape index (κ2) is 14.4. The topological polar surface area (TPSA) is 378 Å². The molecule has 26 nitrogen and oxygen atoms in total. The fraction of sp³-hybridized carbons (Fsp3) is 0.684. The van der Waals surface area contributed by atoms with Gasteiger partial charge in [-0.1, -0.05) is 0 Å². The van der Waals surface area contributed by atoms with Gasteiger partial charge >= 0.3 is 21.8 Å². The van der Waals surface area contributed by atoms with E-state index in [1.165, 1.54) is 0 Å². The summed E-state index contributed by atoms with van der Waals surface area (Å²) in [4.78, 5) is 41.9. The van der Waals surface area contributed by atoms with Crippen LogP contribution in [0, 0.1) is 0 Å². The van der Waals surface area contributed by atoms with Crippen molar-refractivity contribution in [3.63, 3.8) is 0 Å². The van der Waals surface area contributed by atoms with Crippen molar-refractivity contribution in [2.75, 3.05) is 24.7 Å². The van der Waals surface area contributed by atoms with Gasteiger partial charge < -0.3 is 50.2 Å². The quantitative estimate of drug-likeness (QED) is 0.0760. The Bertz CT molecular complexity index is 1970. The number of nitrogens with one attached hydrogen (secondary N) is 1. The highest BCUT2D eigenvalue weighted by Gasteiger charge is 2.58. The number of anilines is 1. The molecular formula is C19H26F3N9O17P2S. The molecular weight excluding hydrogens is 777 g/mol. The second-order valence-electron chi connectivity index (χ2n) is 10.5. The number of fused-ring (bicyclic) bond motifs is 1. The molecule has 51 heavy (non-hydrogen) atoms. The van der Waals surface area contributed by atoms with Gasteiger partial charge in [0.2, 0.25) is 5.95 Å². The first-order valence-electron chi connectivity index (χ1n) is 13.7. The van der Waals surface area contributed by atoms with Crippen LogP contribution >= 0.6 is 15.6 Å². The van der Waals surface area contributed by atoms with E-state index in [9.17, 15) is 65.7 Å². The lowest BCUT2D eigenvalue weighted by Crippen LogP contribution is -2.63. The summed E-state index contributed by atoms with van der Waals surface area (Å²) in [6, 6.07) is 0. The van der Waals surface area contributed by atoms with Gasteiger partial charge in [0.15, 0.2) is 36.1 Å². The predicted octanol–water partition coefficient (Wildman–Crippen LogP) is -4.17. The third-order valence-electron chi connectivity index (χ3n) is 7.01. The lowest BCUT2D eigenvalue weighted by Gasteiger charge is -2.42. The average Bonchev–Trinajstić information content (AvgIpc) is 3.75. The molecule has 2 unspecified atom stereocenters. The van der Waals surface area contributed by atoms with Gasteiger partial charge in [-0.3, -0.25) is 23.4 Å². The van der Waals surface area contributed by atoms with Crippen LogP contribution in [0.4, 0.5) is 19.1 Å². The van der Waals surface area contributed by atoms with Crippen LogP contribution in [0.2, 0.25) is 0 Å². The van der Waals surface area contributed by atoms with Crippen LogP contribution in [0.5, 0.6) is 0 Å². The number of nitrogens with zero attached hydrogens (tertiary/aromatic N) is 7. The number of nitrogens with two attached hydrogens (primary N) is 1. The first-order chi connectivity index (χ1) is 23.6.